The molecule has 0 radical (unpaired) electrons. The van der Waals surface area contributed by atoms with Crippen LogP contribution in [0.5, 0.6) is 0 Å². The summed E-state index contributed by atoms with van der Waals surface area (Å²) in [5.74, 6) is 0.689. The third kappa shape index (κ3) is 2.66. The zero-order chi connectivity index (χ0) is 16.7. The van der Waals surface area contributed by atoms with Crippen LogP contribution < -0.4 is 10.6 Å². The number of ether oxygens (including phenoxy) is 1. The van der Waals surface area contributed by atoms with E-state index in [9.17, 15) is 10.2 Å². The summed E-state index contributed by atoms with van der Waals surface area (Å²) in [7, 11) is 3.76. The Labute approximate surface area is 137 Å². The summed E-state index contributed by atoms with van der Waals surface area (Å²) in [5.41, 5.74) is 7.07. The molecule has 23 heavy (non-hydrogen) atoms. The lowest BCUT2D eigenvalue weighted by Gasteiger charge is -2.18. The SMILES string of the molecule is CSc1nc(N(C)C)c2ncn(C3O[C@H](CO)[C@@H](N)[C@@H]3O)c2n1. The molecule has 10 heteroatoms. The smallest absolute Gasteiger partial charge is 0.191 e. The Bertz CT molecular complexity index is 708. The number of aliphatic hydroxyl groups is 2. The van der Waals surface area contributed by atoms with Gasteiger partial charge in [0.05, 0.1) is 19.0 Å². The van der Waals surface area contributed by atoms with E-state index in [-0.39, 0.29) is 6.61 Å². The molecule has 0 spiro atoms. The second-order valence-electron chi connectivity index (χ2n) is 5.57. The summed E-state index contributed by atoms with van der Waals surface area (Å²) in [6.07, 6.45) is 1.12. The van der Waals surface area contributed by atoms with Crippen LogP contribution in [0.1, 0.15) is 6.23 Å². The van der Waals surface area contributed by atoms with Crippen molar-refractivity contribution in [3.05, 3.63) is 6.33 Å². The summed E-state index contributed by atoms with van der Waals surface area (Å²) in [6.45, 7) is -0.255. The lowest BCUT2D eigenvalue weighted by molar-refractivity contribution is -0.0488. The molecule has 2 aromatic rings. The van der Waals surface area contributed by atoms with Crippen LogP contribution in [0.3, 0.4) is 0 Å². The maximum absolute atomic E-state index is 10.3. The number of hydrogen-bond acceptors (Lipinski definition) is 9. The first-order valence-corrected chi connectivity index (χ1v) is 8.36. The highest BCUT2D eigenvalue weighted by Gasteiger charge is 2.42. The van der Waals surface area contributed by atoms with Crippen molar-refractivity contribution in [1.82, 2.24) is 19.5 Å². The summed E-state index contributed by atoms with van der Waals surface area (Å²) in [5, 5.41) is 20.2. The molecular weight excluding hydrogens is 320 g/mol. The number of imidazole rings is 1. The van der Waals surface area contributed by atoms with Crippen LogP contribution in [0.4, 0.5) is 5.82 Å². The highest BCUT2D eigenvalue weighted by Crippen LogP contribution is 2.32. The molecule has 1 unspecified atom stereocenters. The predicted molar refractivity (Wildman–Crippen MR) is 86.4 cm³/mol. The summed E-state index contributed by atoms with van der Waals surface area (Å²) >= 11 is 1.42. The summed E-state index contributed by atoms with van der Waals surface area (Å²) < 4.78 is 7.32. The minimum atomic E-state index is -0.958. The number of nitrogens with two attached hydrogens (primary N) is 1. The first-order valence-electron chi connectivity index (χ1n) is 7.13. The Morgan fingerprint density at radius 2 is 2.17 bits per heavy atom. The van der Waals surface area contributed by atoms with Gasteiger partial charge in [-0.1, -0.05) is 11.8 Å². The lowest BCUT2D eigenvalue weighted by Crippen LogP contribution is -2.41. The zero-order valence-electron chi connectivity index (χ0n) is 13.1. The second-order valence-corrected chi connectivity index (χ2v) is 6.34. The number of aliphatic hydroxyl groups excluding tert-OH is 2. The van der Waals surface area contributed by atoms with Crippen LogP contribution in [0.2, 0.25) is 0 Å². The van der Waals surface area contributed by atoms with E-state index in [0.717, 1.165) is 0 Å². The average Bonchev–Trinajstić information content (AvgIpc) is 3.08. The van der Waals surface area contributed by atoms with Crippen molar-refractivity contribution in [2.45, 2.75) is 29.6 Å². The van der Waals surface area contributed by atoms with E-state index in [4.69, 9.17) is 10.5 Å². The normalized spacial score (nSPS) is 27.7. The van der Waals surface area contributed by atoms with Gasteiger partial charge in [-0.25, -0.2) is 15.0 Å². The average molecular weight is 340 g/mol. The van der Waals surface area contributed by atoms with Gasteiger partial charge in [0.25, 0.3) is 0 Å². The standard InChI is InChI=1S/C13H20N6O3S/c1-18(2)10-8-11(17-13(16-10)23-3)19(5-15-8)12-9(21)7(14)6(4-20)22-12/h5-7,9,12,20-21H,4,14H2,1-3H3/t6-,7-,9+,12?/m1/s1. The van der Waals surface area contributed by atoms with Gasteiger partial charge in [-0.15, -0.1) is 0 Å². The summed E-state index contributed by atoms with van der Waals surface area (Å²) in [6, 6.07) is -0.669. The maximum Gasteiger partial charge on any atom is 0.191 e. The molecule has 1 aliphatic heterocycles. The molecule has 3 rings (SSSR count). The molecular formula is C13H20N6O3S. The molecule has 3 heterocycles. The van der Waals surface area contributed by atoms with E-state index < -0.39 is 24.5 Å². The zero-order valence-corrected chi connectivity index (χ0v) is 13.9. The van der Waals surface area contributed by atoms with E-state index in [1.54, 1.807) is 10.9 Å². The molecule has 9 nitrogen and oxygen atoms in total. The van der Waals surface area contributed by atoms with E-state index in [1.807, 2.05) is 25.3 Å². The highest BCUT2D eigenvalue weighted by molar-refractivity contribution is 7.98. The van der Waals surface area contributed by atoms with Crippen LogP contribution in [0.25, 0.3) is 11.2 Å². The maximum atomic E-state index is 10.3. The van der Waals surface area contributed by atoms with Gasteiger partial charge < -0.3 is 25.6 Å². The Morgan fingerprint density at radius 3 is 2.74 bits per heavy atom. The molecule has 0 saturated carbocycles. The molecule has 0 bridgehead atoms. The second kappa shape index (κ2) is 6.21. The molecule has 1 saturated heterocycles. The molecule has 0 amide bonds. The molecule has 4 atom stereocenters. The first kappa shape index (κ1) is 16.4. The van der Waals surface area contributed by atoms with Crippen molar-refractivity contribution in [1.29, 1.82) is 0 Å². The van der Waals surface area contributed by atoms with Gasteiger partial charge in [-0.05, 0) is 6.26 Å². The molecule has 1 aliphatic rings. The van der Waals surface area contributed by atoms with Crippen molar-refractivity contribution < 1.29 is 14.9 Å². The minimum absolute atomic E-state index is 0.255. The fourth-order valence-corrected chi connectivity index (χ4v) is 2.98. The molecule has 0 aromatic carbocycles. The van der Waals surface area contributed by atoms with E-state index in [2.05, 4.69) is 15.0 Å². The number of aromatic nitrogens is 4. The topological polar surface area (TPSA) is 123 Å². The predicted octanol–water partition coefficient (Wildman–Crippen LogP) is -0.808. The van der Waals surface area contributed by atoms with E-state index in [1.165, 1.54) is 11.8 Å². The van der Waals surface area contributed by atoms with Crippen molar-refractivity contribution in [3.63, 3.8) is 0 Å². The molecule has 126 valence electrons. The Kier molecular flexibility index (Phi) is 4.43. The number of rotatable bonds is 4. The fraction of sp³-hybridized carbons (Fsp3) is 0.615. The van der Waals surface area contributed by atoms with Crippen LogP contribution >= 0.6 is 11.8 Å². The number of anilines is 1. The number of fused-ring (bicyclic) bond motifs is 1. The molecule has 0 aliphatic carbocycles. The van der Waals surface area contributed by atoms with E-state index in [0.29, 0.717) is 22.1 Å². The van der Waals surface area contributed by atoms with E-state index >= 15 is 0 Å². The van der Waals surface area contributed by atoms with Gasteiger partial charge in [0.2, 0.25) is 0 Å². The molecule has 2 aromatic heterocycles. The minimum Gasteiger partial charge on any atom is -0.394 e. The van der Waals surface area contributed by atoms with Gasteiger partial charge in [-0.3, -0.25) is 4.57 Å². The Balaban J connectivity index is 2.11. The fourth-order valence-electron chi connectivity index (χ4n) is 2.63. The van der Waals surface area contributed by atoms with Gasteiger partial charge >= 0.3 is 0 Å². The highest BCUT2D eigenvalue weighted by atomic mass is 32.2. The Morgan fingerprint density at radius 1 is 1.43 bits per heavy atom. The number of hydrogen-bond donors (Lipinski definition) is 3. The van der Waals surface area contributed by atoms with Crippen LogP contribution in [-0.4, -0.2) is 74.9 Å². The summed E-state index contributed by atoms with van der Waals surface area (Å²) in [4.78, 5) is 15.2. The van der Waals surface area contributed by atoms with Crippen LogP contribution in [-0.2, 0) is 4.74 Å². The largest absolute Gasteiger partial charge is 0.394 e. The molecule has 1 fully saturated rings. The number of nitrogens with zero attached hydrogens (tertiary/aromatic N) is 5. The quantitative estimate of drug-likeness (QED) is 0.484. The first-order chi connectivity index (χ1) is 11.0. The number of thioether (sulfide) groups is 1. The van der Waals surface area contributed by atoms with Crippen LogP contribution in [0, 0.1) is 0 Å². The third-order valence-corrected chi connectivity index (χ3v) is 4.42. The molecule has 4 N–H and O–H groups in total. The van der Waals surface area contributed by atoms with Gasteiger partial charge in [0, 0.05) is 14.1 Å². The van der Waals surface area contributed by atoms with Crippen molar-refractivity contribution in [3.8, 4) is 0 Å². The Hall–Kier alpha value is -1.46. The monoisotopic (exact) mass is 340 g/mol. The van der Waals surface area contributed by atoms with Crippen molar-refractivity contribution >= 4 is 28.7 Å². The third-order valence-electron chi connectivity index (χ3n) is 3.87. The van der Waals surface area contributed by atoms with Gasteiger partial charge in [-0.2, -0.15) is 0 Å². The van der Waals surface area contributed by atoms with Crippen LogP contribution in [0.15, 0.2) is 11.5 Å². The van der Waals surface area contributed by atoms with Crippen molar-refractivity contribution in [2.75, 3.05) is 31.9 Å². The lowest BCUT2D eigenvalue weighted by atomic mass is 10.1. The van der Waals surface area contributed by atoms with Gasteiger partial charge in [0.15, 0.2) is 28.4 Å². The van der Waals surface area contributed by atoms with Gasteiger partial charge in [0.1, 0.15) is 12.2 Å². The van der Waals surface area contributed by atoms with Crippen molar-refractivity contribution in [2.24, 2.45) is 5.73 Å².